The van der Waals surface area contributed by atoms with Crippen LogP contribution >= 0.6 is 0 Å². The first-order valence-electron chi connectivity index (χ1n) is 9.62. The smallest absolute Gasteiger partial charge is 0.374 e. The highest BCUT2D eigenvalue weighted by Crippen LogP contribution is 2.33. The minimum atomic E-state index is -0.444. The molecule has 1 N–H and O–H groups in total. The van der Waals surface area contributed by atoms with Crippen molar-refractivity contribution in [2.24, 2.45) is 0 Å². The molecule has 0 fully saturated rings. The maximum atomic E-state index is 12.0. The minimum Gasteiger partial charge on any atom is -0.493 e. The Balaban J connectivity index is 1.49. The van der Waals surface area contributed by atoms with E-state index >= 15 is 0 Å². The minimum absolute atomic E-state index is 0.241. The Morgan fingerprint density at radius 3 is 2.89 bits per heavy atom. The van der Waals surface area contributed by atoms with Crippen molar-refractivity contribution in [3.05, 3.63) is 59.6 Å². The van der Waals surface area contributed by atoms with Crippen molar-refractivity contribution >= 4 is 16.9 Å². The molecule has 148 valence electrons. The topological polar surface area (TPSA) is 73.6 Å². The van der Waals surface area contributed by atoms with Crippen molar-refractivity contribution in [3.8, 4) is 5.75 Å². The van der Waals surface area contributed by atoms with Gasteiger partial charge < -0.3 is 19.2 Å². The van der Waals surface area contributed by atoms with Crippen LogP contribution < -0.4 is 10.1 Å². The highest BCUT2D eigenvalue weighted by molar-refractivity contribution is 5.98. The number of pyridine rings is 1. The van der Waals surface area contributed by atoms with Gasteiger partial charge in [-0.25, -0.2) is 4.79 Å². The molecule has 0 spiro atoms. The molecule has 0 aliphatic carbocycles. The molecule has 0 atom stereocenters. The van der Waals surface area contributed by atoms with Crippen LogP contribution in [0.15, 0.2) is 47.1 Å². The summed E-state index contributed by atoms with van der Waals surface area (Å²) in [5.41, 5.74) is 2.61. The normalized spacial score (nSPS) is 10.9. The third-order valence-corrected chi connectivity index (χ3v) is 4.45. The molecule has 0 unspecified atom stereocenters. The van der Waals surface area contributed by atoms with E-state index < -0.39 is 5.97 Å². The van der Waals surface area contributed by atoms with Crippen LogP contribution in [0.3, 0.4) is 0 Å². The van der Waals surface area contributed by atoms with Crippen LogP contribution in [0, 0.1) is 6.92 Å². The van der Waals surface area contributed by atoms with Crippen molar-refractivity contribution < 1.29 is 18.7 Å². The molecule has 2 aromatic heterocycles. The molecular weight excluding hydrogens is 356 g/mol. The number of nitrogens with one attached hydrogen (secondary N) is 1. The van der Waals surface area contributed by atoms with Gasteiger partial charge in [-0.3, -0.25) is 4.98 Å². The standard InChI is InChI=1S/C22H26N2O4/c1-3-26-22(25)21-16(2)20-18(8-4-9-19(20)28-21)27-14-6-12-23-13-10-17-7-5-11-24-15-17/h4-5,7-9,11,15,23H,3,6,10,12-14H2,1-2H3. The van der Waals surface area contributed by atoms with Crippen LogP contribution in [-0.4, -0.2) is 37.3 Å². The second-order valence-corrected chi connectivity index (χ2v) is 6.47. The van der Waals surface area contributed by atoms with E-state index in [1.165, 1.54) is 5.56 Å². The van der Waals surface area contributed by atoms with Crippen molar-refractivity contribution in [3.63, 3.8) is 0 Å². The van der Waals surface area contributed by atoms with Crippen molar-refractivity contribution in [1.29, 1.82) is 0 Å². The number of nitrogens with zero attached hydrogens (tertiary/aromatic N) is 1. The lowest BCUT2D eigenvalue weighted by Gasteiger charge is -2.08. The van der Waals surface area contributed by atoms with Gasteiger partial charge in [-0.2, -0.15) is 0 Å². The molecule has 1 aromatic carbocycles. The second kappa shape index (κ2) is 9.90. The SMILES string of the molecule is CCOC(=O)c1oc2cccc(OCCCNCCc3cccnc3)c2c1C. The van der Waals surface area contributed by atoms with E-state index in [4.69, 9.17) is 13.9 Å². The molecule has 0 amide bonds. The molecule has 3 aromatic rings. The maximum absolute atomic E-state index is 12.0. The first kappa shape index (κ1) is 19.9. The predicted molar refractivity (Wildman–Crippen MR) is 108 cm³/mol. The number of aromatic nitrogens is 1. The maximum Gasteiger partial charge on any atom is 0.374 e. The zero-order valence-electron chi connectivity index (χ0n) is 16.4. The van der Waals surface area contributed by atoms with Crippen LogP contribution in [0.4, 0.5) is 0 Å². The Morgan fingerprint density at radius 1 is 1.21 bits per heavy atom. The number of aryl methyl sites for hydroxylation is 1. The third kappa shape index (κ3) is 4.89. The van der Waals surface area contributed by atoms with E-state index in [0.29, 0.717) is 18.8 Å². The van der Waals surface area contributed by atoms with E-state index in [1.54, 1.807) is 13.1 Å². The van der Waals surface area contributed by atoms with Gasteiger partial charge in [-0.1, -0.05) is 12.1 Å². The van der Waals surface area contributed by atoms with Gasteiger partial charge in [0.25, 0.3) is 0 Å². The summed E-state index contributed by atoms with van der Waals surface area (Å²) in [4.78, 5) is 16.2. The van der Waals surface area contributed by atoms with E-state index in [2.05, 4.69) is 16.4 Å². The average Bonchev–Trinajstić information content (AvgIpc) is 3.06. The summed E-state index contributed by atoms with van der Waals surface area (Å²) in [6.45, 7) is 6.30. The number of hydrogen-bond acceptors (Lipinski definition) is 6. The molecule has 28 heavy (non-hydrogen) atoms. The summed E-state index contributed by atoms with van der Waals surface area (Å²) in [6, 6.07) is 9.63. The molecule has 2 heterocycles. The molecule has 6 heteroatoms. The fraction of sp³-hybridized carbons (Fsp3) is 0.364. The summed E-state index contributed by atoms with van der Waals surface area (Å²) in [6.07, 6.45) is 5.51. The van der Waals surface area contributed by atoms with Crippen LogP contribution in [-0.2, 0) is 11.2 Å². The van der Waals surface area contributed by atoms with Crippen molar-refractivity contribution in [2.45, 2.75) is 26.7 Å². The lowest BCUT2D eigenvalue weighted by molar-refractivity contribution is 0.0491. The Morgan fingerprint density at radius 2 is 2.11 bits per heavy atom. The van der Waals surface area contributed by atoms with E-state index in [0.717, 1.165) is 42.6 Å². The Kier molecular flexibility index (Phi) is 7.03. The number of ether oxygens (including phenoxy) is 2. The Labute approximate surface area is 164 Å². The fourth-order valence-corrected chi connectivity index (χ4v) is 3.06. The number of rotatable bonds is 10. The van der Waals surface area contributed by atoms with Crippen LogP contribution in [0.25, 0.3) is 11.0 Å². The number of esters is 1. The summed E-state index contributed by atoms with van der Waals surface area (Å²) in [5.74, 6) is 0.523. The zero-order chi connectivity index (χ0) is 19.8. The fourth-order valence-electron chi connectivity index (χ4n) is 3.06. The molecule has 3 rings (SSSR count). The Bertz CT molecular complexity index is 906. The summed E-state index contributed by atoms with van der Waals surface area (Å²) < 4.78 is 16.7. The number of benzene rings is 1. The van der Waals surface area contributed by atoms with Crippen molar-refractivity contribution in [1.82, 2.24) is 10.3 Å². The molecule has 0 bridgehead atoms. The first-order valence-corrected chi connectivity index (χ1v) is 9.62. The highest BCUT2D eigenvalue weighted by Gasteiger charge is 2.21. The molecule has 6 nitrogen and oxygen atoms in total. The van der Waals surface area contributed by atoms with Gasteiger partial charge in [0.1, 0.15) is 11.3 Å². The van der Waals surface area contributed by atoms with Gasteiger partial charge in [0.15, 0.2) is 0 Å². The summed E-state index contributed by atoms with van der Waals surface area (Å²) in [7, 11) is 0. The predicted octanol–water partition coefficient (Wildman–Crippen LogP) is 3.91. The van der Waals surface area contributed by atoms with E-state index in [-0.39, 0.29) is 5.76 Å². The lowest BCUT2D eigenvalue weighted by atomic mass is 10.1. The molecule has 0 aliphatic heterocycles. The Hall–Kier alpha value is -2.86. The first-order chi connectivity index (χ1) is 13.7. The third-order valence-electron chi connectivity index (χ3n) is 4.45. The number of hydrogen-bond donors (Lipinski definition) is 1. The van der Waals surface area contributed by atoms with Crippen LogP contribution in [0.5, 0.6) is 5.75 Å². The van der Waals surface area contributed by atoms with Crippen molar-refractivity contribution in [2.75, 3.05) is 26.3 Å². The van der Waals surface area contributed by atoms with Gasteiger partial charge in [0.05, 0.1) is 18.6 Å². The van der Waals surface area contributed by atoms with E-state index in [9.17, 15) is 4.79 Å². The van der Waals surface area contributed by atoms with Gasteiger partial charge >= 0.3 is 5.97 Å². The molecule has 0 saturated carbocycles. The monoisotopic (exact) mass is 382 g/mol. The van der Waals surface area contributed by atoms with Gasteiger partial charge in [-0.15, -0.1) is 0 Å². The number of fused-ring (bicyclic) bond motifs is 1. The molecule has 0 aliphatic rings. The molecule has 0 saturated heterocycles. The number of furan rings is 1. The number of carbonyl (C=O) groups excluding carboxylic acids is 1. The molecular formula is C22H26N2O4. The van der Waals surface area contributed by atoms with Gasteiger partial charge in [-0.05, 0) is 63.5 Å². The lowest BCUT2D eigenvalue weighted by Crippen LogP contribution is -2.20. The van der Waals surface area contributed by atoms with Crippen LogP contribution in [0.2, 0.25) is 0 Å². The van der Waals surface area contributed by atoms with E-state index in [1.807, 2.05) is 37.4 Å². The largest absolute Gasteiger partial charge is 0.493 e. The van der Waals surface area contributed by atoms with Gasteiger partial charge in [0, 0.05) is 18.0 Å². The van der Waals surface area contributed by atoms with Crippen LogP contribution in [0.1, 0.15) is 35.0 Å². The summed E-state index contributed by atoms with van der Waals surface area (Å²) in [5, 5.41) is 4.24. The second-order valence-electron chi connectivity index (χ2n) is 6.47. The zero-order valence-corrected chi connectivity index (χ0v) is 16.4. The average molecular weight is 382 g/mol. The summed E-state index contributed by atoms with van der Waals surface area (Å²) >= 11 is 0. The highest BCUT2D eigenvalue weighted by atomic mass is 16.5. The van der Waals surface area contributed by atoms with Gasteiger partial charge in [0.2, 0.25) is 5.76 Å². The quantitative estimate of drug-likeness (QED) is 0.423. The molecule has 0 radical (unpaired) electrons. The number of carbonyl (C=O) groups is 1.